The molecular formula is C14H18N2S. The molecule has 3 heteroatoms. The van der Waals surface area contributed by atoms with Crippen molar-refractivity contribution in [1.29, 1.82) is 0 Å². The zero-order valence-corrected chi connectivity index (χ0v) is 11.4. The summed E-state index contributed by atoms with van der Waals surface area (Å²) in [6.07, 6.45) is 1.02. The van der Waals surface area contributed by atoms with Crippen LogP contribution in [0.2, 0.25) is 0 Å². The SMILES string of the molecule is CCc1nc(CNc2ccc(C)c(C)c2)cs1. The Labute approximate surface area is 107 Å². The van der Waals surface area contributed by atoms with Crippen LogP contribution < -0.4 is 5.32 Å². The van der Waals surface area contributed by atoms with Gasteiger partial charge in [0.25, 0.3) is 0 Å². The molecule has 2 rings (SSSR count). The Morgan fingerprint density at radius 3 is 2.71 bits per heavy atom. The lowest BCUT2D eigenvalue weighted by atomic mass is 10.1. The van der Waals surface area contributed by atoms with Crippen LogP contribution in [0.15, 0.2) is 23.6 Å². The maximum Gasteiger partial charge on any atom is 0.0926 e. The molecule has 1 aromatic heterocycles. The summed E-state index contributed by atoms with van der Waals surface area (Å²) < 4.78 is 0. The Kier molecular flexibility index (Phi) is 3.79. The Hall–Kier alpha value is -1.35. The molecular weight excluding hydrogens is 228 g/mol. The first-order chi connectivity index (χ1) is 8.19. The van der Waals surface area contributed by atoms with Gasteiger partial charge >= 0.3 is 0 Å². The van der Waals surface area contributed by atoms with Crippen LogP contribution >= 0.6 is 11.3 Å². The quantitative estimate of drug-likeness (QED) is 0.884. The predicted octanol–water partition coefficient (Wildman–Crippen LogP) is 3.93. The van der Waals surface area contributed by atoms with E-state index in [0.29, 0.717) is 0 Å². The molecule has 0 aliphatic heterocycles. The number of aromatic nitrogens is 1. The highest BCUT2D eigenvalue weighted by Gasteiger charge is 2.00. The zero-order chi connectivity index (χ0) is 12.3. The van der Waals surface area contributed by atoms with Crippen molar-refractivity contribution >= 4 is 17.0 Å². The molecule has 0 aliphatic carbocycles. The Morgan fingerprint density at radius 1 is 1.24 bits per heavy atom. The lowest BCUT2D eigenvalue weighted by molar-refractivity contribution is 1.01. The average molecular weight is 246 g/mol. The summed E-state index contributed by atoms with van der Waals surface area (Å²) in [6, 6.07) is 6.45. The first-order valence-corrected chi connectivity index (χ1v) is 6.81. The monoisotopic (exact) mass is 246 g/mol. The van der Waals surface area contributed by atoms with Gasteiger partial charge in [0.1, 0.15) is 0 Å². The van der Waals surface area contributed by atoms with E-state index in [1.54, 1.807) is 11.3 Å². The number of aryl methyl sites for hydroxylation is 3. The topological polar surface area (TPSA) is 24.9 Å². The summed E-state index contributed by atoms with van der Waals surface area (Å²) >= 11 is 1.74. The van der Waals surface area contributed by atoms with Crippen LogP contribution in [0.1, 0.15) is 28.8 Å². The van der Waals surface area contributed by atoms with Crippen molar-refractivity contribution in [3.63, 3.8) is 0 Å². The fraction of sp³-hybridized carbons (Fsp3) is 0.357. The summed E-state index contributed by atoms with van der Waals surface area (Å²) in [5.41, 5.74) is 4.95. The van der Waals surface area contributed by atoms with Crippen molar-refractivity contribution in [2.45, 2.75) is 33.7 Å². The van der Waals surface area contributed by atoms with Crippen LogP contribution in [0.3, 0.4) is 0 Å². The third-order valence-electron chi connectivity index (χ3n) is 2.88. The van der Waals surface area contributed by atoms with Gasteiger partial charge in [-0.15, -0.1) is 11.3 Å². The van der Waals surface area contributed by atoms with Gasteiger partial charge in [-0.25, -0.2) is 4.98 Å². The molecule has 2 nitrogen and oxygen atoms in total. The average Bonchev–Trinajstić information content (AvgIpc) is 2.79. The Balaban J connectivity index is 1.99. The maximum absolute atomic E-state index is 4.54. The Morgan fingerprint density at radius 2 is 2.06 bits per heavy atom. The molecule has 1 heterocycles. The molecule has 0 radical (unpaired) electrons. The molecule has 0 amide bonds. The molecule has 0 spiro atoms. The number of thiazole rings is 1. The van der Waals surface area contributed by atoms with E-state index in [-0.39, 0.29) is 0 Å². The molecule has 0 bridgehead atoms. The molecule has 0 unspecified atom stereocenters. The number of anilines is 1. The molecule has 90 valence electrons. The van der Waals surface area contributed by atoms with Crippen molar-refractivity contribution in [1.82, 2.24) is 4.98 Å². The van der Waals surface area contributed by atoms with Gasteiger partial charge in [0.05, 0.1) is 17.2 Å². The lowest BCUT2D eigenvalue weighted by Gasteiger charge is -2.07. The van der Waals surface area contributed by atoms with Crippen LogP contribution in [0.5, 0.6) is 0 Å². The molecule has 1 N–H and O–H groups in total. The number of hydrogen-bond donors (Lipinski definition) is 1. The number of benzene rings is 1. The van der Waals surface area contributed by atoms with Gasteiger partial charge < -0.3 is 5.32 Å². The van der Waals surface area contributed by atoms with E-state index in [1.807, 2.05) is 0 Å². The first-order valence-electron chi connectivity index (χ1n) is 5.93. The molecule has 0 atom stereocenters. The summed E-state index contributed by atoms with van der Waals surface area (Å²) in [5, 5.41) is 6.75. The van der Waals surface area contributed by atoms with Gasteiger partial charge in [-0.05, 0) is 43.5 Å². The van der Waals surface area contributed by atoms with Gasteiger partial charge in [0.15, 0.2) is 0 Å². The molecule has 2 aromatic rings. The van der Waals surface area contributed by atoms with E-state index in [9.17, 15) is 0 Å². The highest BCUT2D eigenvalue weighted by Crippen LogP contribution is 2.16. The van der Waals surface area contributed by atoms with Crippen LogP contribution in [-0.4, -0.2) is 4.98 Å². The summed E-state index contributed by atoms with van der Waals surface area (Å²) in [5.74, 6) is 0. The zero-order valence-electron chi connectivity index (χ0n) is 10.6. The maximum atomic E-state index is 4.54. The molecule has 1 aromatic carbocycles. The fourth-order valence-electron chi connectivity index (χ4n) is 1.64. The highest BCUT2D eigenvalue weighted by atomic mass is 32.1. The van der Waals surface area contributed by atoms with E-state index < -0.39 is 0 Å². The lowest BCUT2D eigenvalue weighted by Crippen LogP contribution is -2.00. The smallest absolute Gasteiger partial charge is 0.0926 e. The number of nitrogens with one attached hydrogen (secondary N) is 1. The minimum atomic E-state index is 0.805. The summed E-state index contributed by atoms with van der Waals surface area (Å²) in [4.78, 5) is 4.54. The largest absolute Gasteiger partial charge is 0.379 e. The van der Waals surface area contributed by atoms with Crippen molar-refractivity contribution < 1.29 is 0 Å². The first kappa shape index (κ1) is 12.1. The molecule has 0 saturated carbocycles. The third kappa shape index (κ3) is 3.07. The molecule has 0 aliphatic rings. The Bertz CT molecular complexity index is 503. The van der Waals surface area contributed by atoms with E-state index in [0.717, 1.165) is 18.7 Å². The molecule has 0 saturated heterocycles. The second-order valence-corrected chi connectivity index (χ2v) is 5.18. The second-order valence-electron chi connectivity index (χ2n) is 4.24. The number of hydrogen-bond acceptors (Lipinski definition) is 3. The van der Waals surface area contributed by atoms with Crippen LogP contribution in [0.25, 0.3) is 0 Å². The fourth-order valence-corrected chi connectivity index (χ4v) is 2.38. The van der Waals surface area contributed by atoms with Gasteiger partial charge in [0, 0.05) is 11.1 Å². The summed E-state index contributed by atoms with van der Waals surface area (Å²) in [6.45, 7) is 7.21. The van der Waals surface area contributed by atoms with Gasteiger partial charge in [-0.2, -0.15) is 0 Å². The minimum absolute atomic E-state index is 0.805. The second kappa shape index (κ2) is 5.32. The third-order valence-corrected chi connectivity index (χ3v) is 3.92. The van der Waals surface area contributed by atoms with Crippen LogP contribution in [0.4, 0.5) is 5.69 Å². The van der Waals surface area contributed by atoms with Crippen LogP contribution in [0, 0.1) is 13.8 Å². The normalized spacial score (nSPS) is 10.5. The molecule has 0 fully saturated rings. The van der Waals surface area contributed by atoms with Gasteiger partial charge in [-0.3, -0.25) is 0 Å². The van der Waals surface area contributed by atoms with Crippen molar-refractivity contribution in [2.24, 2.45) is 0 Å². The van der Waals surface area contributed by atoms with Gasteiger partial charge in [-0.1, -0.05) is 13.0 Å². The van der Waals surface area contributed by atoms with E-state index >= 15 is 0 Å². The number of nitrogens with zero attached hydrogens (tertiary/aromatic N) is 1. The van der Waals surface area contributed by atoms with E-state index in [4.69, 9.17) is 0 Å². The van der Waals surface area contributed by atoms with Crippen molar-refractivity contribution in [3.05, 3.63) is 45.4 Å². The number of rotatable bonds is 4. The van der Waals surface area contributed by atoms with Crippen molar-refractivity contribution in [3.8, 4) is 0 Å². The van der Waals surface area contributed by atoms with Crippen LogP contribution in [-0.2, 0) is 13.0 Å². The summed E-state index contributed by atoms with van der Waals surface area (Å²) in [7, 11) is 0. The molecule has 17 heavy (non-hydrogen) atoms. The van der Waals surface area contributed by atoms with E-state index in [1.165, 1.54) is 21.8 Å². The van der Waals surface area contributed by atoms with E-state index in [2.05, 4.69) is 54.7 Å². The predicted molar refractivity (Wildman–Crippen MR) is 74.7 cm³/mol. The standard InChI is InChI=1S/C14H18N2S/c1-4-14-16-13(9-17-14)8-15-12-6-5-10(2)11(3)7-12/h5-7,9,15H,4,8H2,1-3H3. The van der Waals surface area contributed by atoms with Crippen molar-refractivity contribution in [2.75, 3.05) is 5.32 Å². The highest BCUT2D eigenvalue weighted by molar-refractivity contribution is 7.09. The van der Waals surface area contributed by atoms with Gasteiger partial charge in [0.2, 0.25) is 0 Å². The minimum Gasteiger partial charge on any atom is -0.379 e.